The van der Waals surface area contributed by atoms with Crippen molar-refractivity contribution in [3.8, 4) is 0 Å². The molecule has 0 aromatic heterocycles. The van der Waals surface area contributed by atoms with Gasteiger partial charge in [-0.2, -0.15) is 18.3 Å². The number of rotatable bonds is 3. The smallest absolute Gasteiger partial charge is 0.354 e. The molecule has 25 heavy (non-hydrogen) atoms. The number of allylic oxidation sites excluding steroid dienone is 2. The molecule has 0 aliphatic carbocycles. The summed E-state index contributed by atoms with van der Waals surface area (Å²) in [7, 11) is 1.22. The third kappa shape index (κ3) is 3.14. The van der Waals surface area contributed by atoms with Crippen LogP contribution in [-0.2, 0) is 4.79 Å². The fourth-order valence-corrected chi connectivity index (χ4v) is 3.49. The number of hydrogen-bond acceptors (Lipinski definition) is 4. The summed E-state index contributed by atoms with van der Waals surface area (Å²) in [4.78, 5) is 16.3. The minimum Gasteiger partial charge on any atom is -0.354 e. The number of nitrogens with zero attached hydrogens (tertiary/aromatic N) is 4. The fourth-order valence-electron chi connectivity index (χ4n) is 3.49. The van der Waals surface area contributed by atoms with Crippen molar-refractivity contribution in [3.05, 3.63) is 23.5 Å². The van der Waals surface area contributed by atoms with Gasteiger partial charge in [0.05, 0.1) is 17.2 Å². The maximum atomic E-state index is 13.1. The lowest BCUT2D eigenvalue weighted by Gasteiger charge is -2.34. The summed E-state index contributed by atoms with van der Waals surface area (Å²) < 4.78 is 39.4. The molecule has 1 amide bonds. The number of alkyl halides is 3. The molecule has 0 spiro atoms. The summed E-state index contributed by atoms with van der Waals surface area (Å²) in [6, 6.07) is 0.194. The van der Waals surface area contributed by atoms with Crippen molar-refractivity contribution < 1.29 is 18.0 Å². The van der Waals surface area contributed by atoms with Gasteiger partial charge in [0.1, 0.15) is 5.82 Å². The van der Waals surface area contributed by atoms with Gasteiger partial charge in [0.25, 0.3) is 5.91 Å². The number of hydrazone groups is 1. The molecule has 0 aromatic rings. The van der Waals surface area contributed by atoms with Crippen molar-refractivity contribution >= 4 is 11.6 Å². The average Bonchev–Trinajstić information content (AvgIpc) is 2.89. The van der Waals surface area contributed by atoms with Gasteiger partial charge in [-0.3, -0.25) is 4.79 Å². The summed E-state index contributed by atoms with van der Waals surface area (Å²) in [5.74, 6) is 0.0689. The largest absolute Gasteiger partial charge is 0.435 e. The zero-order valence-electron chi connectivity index (χ0n) is 15.5. The molecule has 1 fully saturated rings. The monoisotopic (exact) mass is 358 g/mol. The van der Waals surface area contributed by atoms with Crippen molar-refractivity contribution in [2.45, 2.75) is 52.4 Å². The average molecular weight is 358 g/mol. The minimum atomic E-state index is -4.66. The first kappa shape index (κ1) is 19.3. The van der Waals surface area contributed by atoms with E-state index in [0.29, 0.717) is 0 Å². The molecule has 8 heteroatoms. The summed E-state index contributed by atoms with van der Waals surface area (Å²) in [5.41, 5.74) is -1.73. The van der Waals surface area contributed by atoms with Crippen LogP contribution in [-0.4, -0.2) is 64.3 Å². The van der Waals surface area contributed by atoms with E-state index < -0.39 is 23.4 Å². The van der Waals surface area contributed by atoms with E-state index in [1.54, 1.807) is 6.08 Å². The summed E-state index contributed by atoms with van der Waals surface area (Å²) in [5, 5.41) is 4.07. The first-order valence-electron chi connectivity index (χ1n) is 8.37. The molecule has 1 unspecified atom stereocenters. The van der Waals surface area contributed by atoms with Crippen molar-refractivity contribution in [3.63, 3.8) is 0 Å². The molecule has 2 aliphatic rings. The Hall–Kier alpha value is -1.99. The topological polar surface area (TPSA) is 39.2 Å². The summed E-state index contributed by atoms with van der Waals surface area (Å²) >= 11 is 0. The third-order valence-electron chi connectivity index (χ3n) is 5.11. The zero-order chi connectivity index (χ0) is 19.2. The van der Waals surface area contributed by atoms with Gasteiger partial charge in [0, 0.05) is 20.1 Å². The number of carbonyl (C=O) groups excluding carboxylic acids is 1. The second kappa shape index (κ2) is 6.38. The Balaban J connectivity index is 2.49. The predicted molar refractivity (Wildman–Crippen MR) is 90.7 cm³/mol. The van der Waals surface area contributed by atoms with Crippen LogP contribution < -0.4 is 0 Å². The lowest BCUT2D eigenvalue weighted by molar-refractivity contribution is -0.124. The molecule has 0 bridgehead atoms. The molecule has 0 radical (unpaired) electrons. The Labute approximate surface area is 146 Å². The lowest BCUT2D eigenvalue weighted by Crippen LogP contribution is -2.44. The Morgan fingerprint density at radius 1 is 1.20 bits per heavy atom. The molecule has 1 saturated heterocycles. The third-order valence-corrected chi connectivity index (χ3v) is 5.11. The number of likely N-dealkylation sites (N-methyl/N-ethyl adjacent to an activating group) is 3. The number of hydrogen-bond donors (Lipinski definition) is 0. The Kier molecular flexibility index (Phi) is 4.94. The molecule has 1 atom stereocenters. The van der Waals surface area contributed by atoms with E-state index in [1.807, 2.05) is 13.8 Å². The van der Waals surface area contributed by atoms with Gasteiger partial charge in [-0.05, 0) is 46.8 Å². The van der Waals surface area contributed by atoms with E-state index in [-0.39, 0.29) is 11.6 Å². The van der Waals surface area contributed by atoms with Crippen LogP contribution >= 0.6 is 0 Å². The second-order valence-corrected chi connectivity index (χ2v) is 6.74. The van der Waals surface area contributed by atoms with Crippen molar-refractivity contribution in [2.24, 2.45) is 5.10 Å². The van der Waals surface area contributed by atoms with E-state index in [9.17, 15) is 18.0 Å². The molecule has 0 N–H and O–H groups in total. The van der Waals surface area contributed by atoms with Gasteiger partial charge in [0.2, 0.25) is 0 Å². The van der Waals surface area contributed by atoms with Gasteiger partial charge >= 0.3 is 6.18 Å². The van der Waals surface area contributed by atoms with Crippen molar-refractivity contribution in [1.82, 2.24) is 14.8 Å². The standard InChI is InChI=1S/C17H25F3N4O/c1-7-23-11(3)16(4,5)24(8-2)13(23)10-9-12-14(17(18,19)20)21-22(6)15(12)25/h9-11H,7-8H2,1-6H3/b12-9+,13-10-. The minimum absolute atomic E-state index is 0.160. The Bertz CT molecular complexity index is 649. The van der Waals surface area contributed by atoms with Crippen molar-refractivity contribution in [2.75, 3.05) is 20.1 Å². The maximum Gasteiger partial charge on any atom is 0.435 e. The van der Waals surface area contributed by atoms with E-state index in [2.05, 4.69) is 35.7 Å². The van der Waals surface area contributed by atoms with Crippen LogP contribution in [0, 0.1) is 0 Å². The van der Waals surface area contributed by atoms with Crippen LogP contribution in [0.15, 0.2) is 28.6 Å². The Morgan fingerprint density at radius 2 is 1.80 bits per heavy atom. The molecule has 0 aromatic carbocycles. The predicted octanol–water partition coefficient (Wildman–Crippen LogP) is 2.97. The molecular weight excluding hydrogens is 333 g/mol. The summed E-state index contributed by atoms with van der Waals surface area (Å²) in [6.45, 7) is 11.8. The molecule has 2 heterocycles. The maximum absolute atomic E-state index is 13.1. The molecule has 2 aliphatic heterocycles. The van der Waals surface area contributed by atoms with Gasteiger partial charge in [-0.1, -0.05) is 0 Å². The van der Waals surface area contributed by atoms with Gasteiger partial charge in [-0.25, -0.2) is 5.01 Å². The van der Waals surface area contributed by atoms with Gasteiger partial charge < -0.3 is 9.80 Å². The SMILES string of the molecule is CCN1/C(=C/C=C2/C(=O)N(C)N=C2C(F)(F)F)N(CC)C(C)(C)C1C. The highest BCUT2D eigenvalue weighted by Crippen LogP contribution is 2.37. The molecule has 2 rings (SSSR count). The highest BCUT2D eigenvalue weighted by atomic mass is 19.4. The number of carbonyl (C=O) groups is 1. The van der Waals surface area contributed by atoms with Crippen LogP contribution in [0.2, 0.25) is 0 Å². The van der Waals surface area contributed by atoms with Crippen LogP contribution in [0.5, 0.6) is 0 Å². The second-order valence-electron chi connectivity index (χ2n) is 6.74. The highest BCUT2D eigenvalue weighted by molar-refractivity contribution is 6.26. The number of halogens is 3. The van der Waals surface area contributed by atoms with E-state index in [1.165, 1.54) is 13.1 Å². The highest BCUT2D eigenvalue weighted by Gasteiger charge is 2.46. The van der Waals surface area contributed by atoms with Gasteiger partial charge in [-0.15, -0.1) is 0 Å². The van der Waals surface area contributed by atoms with E-state index >= 15 is 0 Å². The lowest BCUT2D eigenvalue weighted by atomic mass is 9.96. The number of amides is 1. The molecule has 0 saturated carbocycles. The van der Waals surface area contributed by atoms with E-state index in [0.717, 1.165) is 23.9 Å². The molecule has 5 nitrogen and oxygen atoms in total. The van der Waals surface area contributed by atoms with E-state index in [4.69, 9.17) is 0 Å². The summed E-state index contributed by atoms with van der Waals surface area (Å²) in [6.07, 6.45) is -1.82. The quantitative estimate of drug-likeness (QED) is 0.728. The first-order valence-corrected chi connectivity index (χ1v) is 8.37. The molecule has 140 valence electrons. The van der Waals surface area contributed by atoms with Crippen LogP contribution in [0.1, 0.15) is 34.6 Å². The molecular formula is C17H25F3N4O. The van der Waals surface area contributed by atoms with Crippen LogP contribution in [0.3, 0.4) is 0 Å². The van der Waals surface area contributed by atoms with Crippen molar-refractivity contribution in [1.29, 1.82) is 0 Å². The van der Waals surface area contributed by atoms with Gasteiger partial charge in [0.15, 0.2) is 5.71 Å². The fraction of sp³-hybridized carbons (Fsp3) is 0.647. The van der Waals surface area contributed by atoms with Crippen LogP contribution in [0.4, 0.5) is 13.2 Å². The zero-order valence-corrected chi connectivity index (χ0v) is 15.5. The first-order chi connectivity index (χ1) is 11.5. The Morgan fingerprint density at radius 3 is 2.28 bits per heavy atom. The van der Waals surface area contributed by atoms with Crippen LogP contribution in [0.25, 0.3) is 0 Å². The normalized spacial score (nSPS) is 27.1.